The van der Waals surface area contributed by atoms with E-state index < -0.39 is 0 Å². The summed E-state index contributed by atoms with van der Waals surface area (Å²) in [6.07, 6.45) is 5.20. The fourth-order valence-corrected chi connectivity index (χ4v) is 1.52. The molecule has 3 nitrogen and oxygen atoms in total. The Morgan fingerprint density at radius 3 is 2.69 bits per heavy atom. The zero-order valence-electron chi connectivity index (χ0n) is 7.06. The van der Waals surface area contributed by atoms with Crippen molar-refractivity contribution in [2.24, 2.45) is 0 Å². The summed E-state index contributed by atoms with van der Waals surface area (Å²) in [4.78, 5) is 1.92. The molecule has 0 aromatic heterocycles. The number of hydrogen-bond acceptors (Lipinski definition) is 4. The highest BCUT2D eigenvalue weighted by atomic mass is 32.2. The van der Waals surface area contributed by atoms with Crippen LogP contribution < -0.4 is 0 Å². The summed E-state index contributed by atoms with van der Waals surface area (Å²) in [5.41, 5.74) is 0.119. The second-order valence-corrected chi connectivity index (χ2v) is 3.25. The Hall–Kier alpha value is -1.65. The van der Waals surface area contributed by atoms with Crippen LogP contribution in [-0.2, 0) is 0 Å². The molecule has 0 amide bonds. The van der Waals surface area contributed by atoms with E-state index in [1.807, 2.05) is 23.6 Å². The van der Waals surface area contributed by atoms with E-state index in [1.54, 1.807) is 30.0 Å². The lowest BCUT2D eigenvalue weighted by Crippen LogP contribution is -2.01. The molecule has 0 radical (unpaired) electrons. The first-order chi connectivity index (χ1) is 6.27. The molecule has 64 valence electrons. The normalized spacial score (nSPS) is 16.8. The smallest absolute Gasteiger partial charge is 0.129 e. The summed E-state index contributed by atoms with van der Waals surface area (Å²) in [6, 6.07) is 3.60. The van der Waals surface area contributed by atoms with Crippen molar-refractivity contribution in [2.75, 3.05) is 7.05 Å². The van der Waals surface area contributed by atoms with E-state index in [0.29, 0.717) is 0 Å². The molecule has 1 aliphatic heterocycles. The van der Waals surface area contributed by atoms with Crippen molar-refractivity contribution in [1.82, 2.24) is 4.90 Å². The predicted molar refractivity (Wildman–Crippen MR) is 51.9 cm³/mol. The first kappa shape index (κ1) is 9.44. The third-order valence-corrected chi connectivity index (χ3v) is 2.38. The molecule has 0 N–H and O–H groups in total. The van der Waals surface area contributed by atoms with E-state index in [0.717, 1.165) is 5.03 Å². The van der Waals surface area contributed by atoms with Crippen molar-refractivity contribution in [3.8, 4) is 12.1 Å². The van der Waals surface area contributed by atoms with Crippen LogP contribution in [0.3, 0.4) is 0 Å². The maximum atomic E-state index is 8.46. The van der Waals surface area contributed by atoms with E-state index >= 15 is 0 Å². The summed E-state index contributed by atoms with van der Waals surface area (Å²) < 4.78 is 0. The van der Waals surface area contributed by atoms with E-state index in [-0.39, 0.29) is 5.57 Å². The van der Waals surface area contributed by atoms with Gasteiger partial charge in [-0.25, -0.2) is 0 Å². The SMILES string of the molecule is CN1C=CSC1=CC=C(C#N)C#N. The Morgan fingerprint density at radius 2 is 2.23 bits per heavy atom. The zero-order valence-corrected chi connectivity index (χ0v) is 7.88. The molecule has 4 heteroatoms. The highest BCUT2D eigenvalue weighted by Gasteiger charge is 2.05. The Labute approximate surface area is 81.3 Å². The number of thioether (sulfide) groups is 1. The summed E-state index contributed by atoms with van der Waals surface area (Å²) in [5, 5.41) is 19.9. The van der Waals surface area contributed by atoms with Gasteiger partial charge in [0.2, 0.25) is 0 Å². The molecular formula is C9H7N3S. The molecule has 0 aromatic carbocycles. The molecule has 0 atom stereocenters. The maximum Gasteiger partial charge on any atom is 0.129 e. The van der Waals surface area contributed by atoms with Gasteiger partial charge in [0.15, 0.2) is 0 Å². The molecule has 0 spiro atoms. The van der Waals surface area contributed by atoms with E-state index in [2.05, 4.69) is 0 Å². The molecule has 1 aliphatic rings. The van der Waals surface area contributed by atoms with Crippen molar-refractivity contribution in [1.29, 1.82) is 10.5 Å². The fourth-order valence-electron chi connectivity index (χ4n) is 0.759. The Morgan fingerprint density at radius 1 is 1.54 bits per heavy atom. The number of nitriles is 2. The average molecular weight is 189 g/mol. The lowest BCUT2D eigenvalue weighted by molar-refractivity contribution is 0.620. The van der Waals surface area contributed by atoms with Crippen LogP contribution in [0.15, 0.2) is 34.4 Å². The average Bonchev–Trinajstić information content (AvgIpc) is 2.54. The summed E-state index contributed by atoms with van der Waals surface area (Å²) in [7, 11) is 1.91. The standard InChI is InChI=1S/C9H7N3S/c1-12-4-5-13-9(12)3-2-8(6-10)7-11/h2-5H,1H3. The van der Waals surface area contributed by atoms with Crippen LogP contribution in [0.25, 0.3) is 0 Å². The minimum absolute atomic E-state index is 0.119. The van der Waals surface area contributed by atoms with Gasteiger partial charge in [0, 0.05) is 13.2 Å². The molecule has 0 unspecified atom stereocenters. The van der Waals surface area contributed by atoms with Gasteiger partial charge in [-0.15, -0.1) is 0 Å². The largest absolute Gasteiger partial charge is 0.345 e. The number of rotatable bonds is 1. The monoisotopic (exact) mass is 189 g/mol. The van der Waals surface area contributed by atoms with E-state index in [4.69, 9.17) is 10.5 Å². The van der Waals surface area contributed by atoms with Crippen LogP contribution in [0.2, 0.25) is 0 Å². The molecule has 0 aromatic rings. The topological polar surface area (TPSA) is 50.8 Å². The summed E-state index contributed by atoms with van der Waals surface area (Å²) >= 11 is 1.56. The number of allylic oxidation sites excluding steroid dienone is 3. The molecule has 0 aliphatic carbocycles. The van der Waals surface area contributed by atoms with Crippen LogP contribution in [0.1, 0.15) is 0 Å². The molecule has 1 heterocycles. The second kappa shape index (κ2) is 4.39. The molecule has 13 heavy (non-hydrogen) atoms. The molecule has 0 bridgehead atoms. The second-order valence-electron chi connectivity index (χ2n) is 2.32. The molecule has 1 rings (SSSR count). The quantitative estimate of drug-likeness (QED) is 0.591. The van der Waals surface area contributed by atoms with Crippen molar-refractivity contribution >= 4 is 11.8 Å². The van der Waals surface area contributed by atoms with Gasteiger partial charge in [-0.3, -0.25) is 0 Å². The third-order valence-electron chi connectivity index (χ3n) is 1.45. The van der Waals surface area contributed by atoms with Gasteiger partial charge >= 0.3 is 0 Å². The minimum Gasteiger partial charge on any atom is -0.345 e. The molecular weight excluding hydrogens is 182 g/mol. The number of nitrogens with zero attached hydrogens (tertiary/aromatic N) is 3. The van der Waals surface area contributed by atoms with Gasteiger partial charge in [-0.2, -0.15) is 10.5 Å². The third kappa shape index (κ3) is 2.40. The van der Waals surface area contributed by atoms with Crippen molar-refractivity contribution in [2.45, 2.75) is 0 Å². The van der Waals surface area contributed by atoms with Crippen LogP contribution in [0.5, 0.6) is 0 Å². The van der Waals surface area contributed by atoms with Crippen LogP contribution in [-0.4, -0.2) is 11.9 Å². The van der Waals surface area contributed by atoms with Crippen LogP contribution in [0, 0.1) is 22.7 Å². The molecule has 0 saturated heterocycles. The number of hydrogen-bond donors (Lipinski definition) is 0. The Kier molecular flexibility index (Phi) is 3.19. The van der Waals surface area contributed by atoms with Crippen LogP contribution in [0.4, 0.5) is 0 Å². The lowest BCUT2D eigenvalue weighted by atomic mass is 10.3. The van der Waals surface area contributed by atoms with Gasteiger partial charge in [0.25, 0.3) is 0 Å². The van der Waals surface area contributed by atoms with Gasteiger partial charge < -0.3 is 4.90 Å². The maximum absolute atomic E-state index is 8.46. The summed E-state index contributed by atoms with van der Waals surface area (Å²) in [6.45, 7) is 0. The van der Waals surface area contributed by atoms with Gasteiger partial charge in [0.05, 0.1) is 5.03 Å². The van der Waals surface area contributed by atoms with Crippen molar-refractivity contribution in [3.63, 3.8) is 0 Å². The molecule has 0 saturated carbocycles. The first-order valence-electron chi connectivity index (χ1n) is 3.56. The highest BCUT2D eigenvalue weighted by molar-refractivity contribution is 8.06. The summed E-state index contributed by atoms with van der Waals surface area (Å²) in [5.74, 6) is 0. The lowest BCUT2D eigenvalue weighted by Gasteiger charge is -2.07. The van der Waals surface area contributed by atoms with Crippen molar-refractivity contribution in [3.05, 3.63) is 34.4 Å². The van der Waals surface area contributed by atoms with E-state index in [1.165, 1.54) is 6.08 Å². The van der Waals surface area contributed by atoms with Crippen LogP contribution >= 0.6 is 11.8 Å². The Bertz CT molecular complexity index is 349. The minimum atomic E-state index is 0.119. The van der Waals surface area contributed by atoms with Crippen molar-refractivity contribution < 1.29 is 0 Å². The molecule has 0 fully saturated rings. The fraction of sp³-hybridized carbons (Fsp3) is 0.111. The van der Waals surface area contributed by atoms with Gasteiger partial charge in [-0.1, -0.05) is 11.8 Å². The highest BCUT2D eigenvalue weighted by Crippen LogP contribution is 2.27. The Balaban J connectivity index is 2.75. The zero-order chi connectivity index (χ0) is 9.68. The van der Waals surface area contributed by atoms with E-state index in [9.17, 15) is 0 Å². The van der Waals surface area contributed by atoms with Gasteiger partial charge in [-0.05, 0) is 17.6 Å². The first-order valence-corrected chi connectivity index (χ1v) is 4.44. The van der Waals surface area contributed by atoms with Gasteiger partial charge in [0.1, 0.15) is 17.7 Å². The predicted octanol–water partition coefficient (Wildman–Crippen LogP) is 1.95.